The largest absolute Gasteiger partial charge is 0.378 e. The maximum absolute atomic E-state index is 11.9. The average molecular weight is 495 g/mol. The van der Waals surface area contributed by atoms with Crippen LogP contribution in [0, 0.1) is 0 Å². The summed E-state index contributed by atoms with van der Waals surface area (Å²) >= 11 is 14.3. The van der Waals surface area contributed by atoms with Gasteiger partial charge in [-0.05, 0) is 24.3 Å². The van der Waals surface area contributed by atoms with Gasteiger partial charge in [0.2, 0.25) is 0 Å². The molecule has 160 valence electrons. The fourth-order valence-electron chi connectivity index (χ4n) is 2.95. The zero-order valence-electron chi connectivity index (χ0n) is 16.4. The maximum atomic E-state index is 11.9. The van der Waals surface area contributed by atoms with Crippen LogP contribution < -0.4 is 0 Å². The Hall–Kier alpha value is -2.30. The minimum atomic E-state index is -3.34. The number of ether oxygens (including phenoxy) is 1. The molecule has 0 saturated carbocycles. The van der Waals surface area contributed by atoms with Gasteiger partial charge in [0.1, 0.15) is 16.4 Å². The van der Waals surface area contributed by atoms with Crippen LogP contribution in [-0.2, 0) is 21.2 Å². The first-order chi connectivity index (χ1) is 14.8. The number of hydrogen-bond acceptors (Lipinski definition) is 7. The second-order valence-electron chi connectivity index (χ2n) is 6.62. The van der Waals surface area contributed by atoms with E-state index in [-0.39, 0.29) is 11.5 Å². The molecule has 2 heterocycles. The van der Waals surface area contributed by atoms with Crippen LogP contribution in [0.25, 0.3) is 27.0 Å². The topological polar surface area (TPSA) is 87.0 Å². The molecule has 0 aliphatic heterocycles. The summed E-state index contributed by atoms with van der Waals surface area (Å²) in [5, 5.41) is 15.1. The third-order valence-corrected chi connectivity index (χ3v) is 7.20. The molecule has 0 amide bonds. The summed E-state index contributed by atoms with van der Waals surface area (Å²) in [5.74, 6) is 0. The van der Waals surface area contributed by atoms with Crippen LogP contribution in [0.15, 0.2) is 53.4 Å². The average Bonchev–Trinajstić information content (AvgIpc) is 3.33. The Balaban J connectivity index is 1.85. The lowest BCUT2D eigenvalue weighted by Crippen LogP contribution is -2.00. The maximum Gasteiger partial charge on any atom is 0.175 e. The van der Waals surface area contributed by atoms with Crippen LogP contribution in [0.1, 0.15) is 5.69 Å². The molecule has 0 unspecified atom stereocenters. The van der Waals surface area contributed by atoms with Crippen molar-refractivity contribution < 1.29 is 13.2 Å². The second kappa shape index (κ2) is 8.68. The Morgan fingerprint density at radius 1 is 1.06 bits per heavy atom. The van der Waals surface area contributed by atoms with Gasteiger partial charge in [-0.3, -0.25) is 0 Å². The van der Waals surface area contributed by atoms with Crippen LogP contribution in [-0.4, -0.2) is 41.8 Å². The molecule has 0 bridgehead atoms. The molecule has 4 aromatic rings. The van der Waals surface area contributed by atoms with E-state index >= 15 is 0 Å². The molecule has 31 heavy (non-hydrogen) atoms. The summed E-state index contributed by atoms with van der Waals surface area (Å²) < 4.78 is 30.6. The van der Waals surface area contributed by atoms with E-state index in [9.17, 15) is 8.42 Å². The van der Waals surface area contributed by atoms with E-state index in [1.165, 1.54) is 11.3 Å². The van der Waals surface area contributed by atoms with Gasteiger partial charge in [0.05, 0.1) is 27.2 Å². The standard InChI is InChI=1S/C20H16Cl2N4O3S2/c1-29-11-15-17(22)18(26(25-15)16-9-4-3-8-14(16)21)20-24-23-19(30-20)12-6-5-7-13(10-12)31(2,27)28/h3-10H,11H2,1-2H3. The zero-order valence-corrected chi connectivity index (χ0v) is 19.6. The van der Waals surface area contributed by atoms with Gasteiger partial charge in [-0.25, -0.2) is 13.1 Å². The fraction of sp³-hybridized carbons (Fsp3) is 0.150. The number of aromatic nitrogens is 4. The highest BCUT2D eigenvalue weighted by Gasteiger charge is 2.24. The number of benzene rings is 2. The van der Waals surface area contributed by atoms with E-state index in [0.29, 0.717) is 42.7 Å². The van der Waals surface area contributed by atoms with E-state index < -0.39 is 9.84 Å². The van der Waals surface area contributed by atoms with Crippen molar-refractivity contribution in [1.29, 1.82) is 0 Å². The normalized spacial score (nSPS) is 11.7. The van der Waals surface area contributed by atoms with Gasteiger partial charge in [-0.2, -0.15) is 5.10 Å². The second-order valence-corrected chi connectivity index (χ2v) is 10.4. The van der Waals surface area contributed by atoms with Crippen molar-refractivity contribution in [3.8, 4) is 27.0 Å². The summed E-state index contributed by atoms with van der Waals surface area (Å²) in [6, 6.07) is 13.8. The lowest BCUT2D eigenvalue weighted by Gasteiger charge is -2.07. The van der Waals surface area contributed by atoms with Gasteiger partial charge in [-0.1, -0.05) is 58.8 Å². The van der Waals surface area contributed by atoms with E-state index in [1.54, 1.807) is 42.1 Å². The van der Waals surface area contributed by atoms with Crippen LogP contribution in [0.2, 0.25) is 10.0 Å². The van der Waals surface area contributed by atoms with E-state index in [1.807, 2.05) is 18.2 Å². The number of halogens is 2. The minimum absolute atomic E-state index is 0.211. The van der Waals surface area contributed by atoms with Gasteiger partial charge >= 0.3 is 0 Å². The predicted molar refractivity (Wildman–Crippen MR) is 122 cm³/mol. The number of sulfone groups is 1. The van der Waals surface area contributed by atoms with Gasteiger partial charge in [0, 0.05) is 18.9 Å². The summed E-state index contributed by atoms with van der Waals surface area (Å²) in [6.07, 6.45) is 1.16. The highest BCUT2D eigenvalue weighted by Crippen LogP contribution is 2.38. The predicted octanol–water partition coefficient (Wildman–Crippen LogP) is 4.91. The van der Waals surface area contributed by atoms with E-state index in [0.717, 1.165) is 6.26 Å². The number of para-hydroxylation sites is 1. The SMILES string of the molecule is COCc1nn(-c2ccccc2Cl)c(-c2nnc(-c3cccc(S(C)(=O)=O)c3)s2)c1Cl. The first-order valence-corrected chi connectivity index (χ1v) is 12.4. The molecule has 2 aromatic heterocycles. The molecule has 0 fully saturated rings. The van der Waals surface area contributed by atoms with Crippen molar-refractivity contribution in [1.82, 2.24) is 20.0 Å². The molecule has 0 aliphatic carbocycles. The Kier molecular flexibility index (Phi) is 6.14. The van der Waals surface area contributed by atoms with Crippen molar-refractivity contribution >= 4 is 44.4 Å². The van der Waals surface area contributed by atoms with Gasteiger partial charge in [0.25, 0.3) is 0 Å². The van der Waals surface area contributed by atoms with Gasteiger partial charge in [0.15, 0.2) is 14.8 Å². The Morgan fingerprint density at radius 2 is 1.81 bits per heavy atom. The first kappa shape index (κ1) is 21.9. The molecule has 7 nitrogen and oxygen atoms in total. The fourth-order valence-corrected chi connectivity index (χ4v) is 5.03. The Morgan fingerprint density at radius 3 is 2.52 bits per heavy atom. The van der Waals surface area contributed by atoms with Crippen molar-refractivity contribution in [2.24, 2.45) is 0 Å². The third-order valence-electron chi connectivity index (χ3n) is 4.39. The highest BCUT2D eigenvalue weighted by molar-refractivity contribution is 7.90. The molecule has 4 rings (SSSR count). The quantitative estimate of drug-likeness (QED) is 0.378. The number of rotatable bonds is 6. The van der Waals surface area contributed by atoms with E-state index in [4.69, 9.17) is 27.9 Å². The van der Waals surface area contributed by atoms with Crippen LogP contribution in [0.3, 0.4) is 0 Å². The van der Waals surface area contributed by atoms with Crippen LogP contribution >= 0.6 is 34.5 Å². The highest BCUT2D eigenvalue weighted by atomic mass is 35.5. The first-order valence-electron chi connectivity index (χ1n) is 8.95. The number of methoxy groups -OCH3 is 1. The molecule has 11 heteroatoms. The monoisotopic (exact) mass is 494 g/mol. The molecule has 0 radical (unpaired) electrons. The summed E-state index contributed by atoms with van der Waals surface area (Å²) in [6.45, 7) is 0.214. The van der Waals surface area contributed by atoms with Crippen molar-refractivity contribution in [3.63, 3.8) is 0 Å². The summed E-state index contributed by atoms with van der Waals surface area (Å²) in [4.78, 5) is 0.211. The lowest BCUT2D eigenvalue weighted by atomic mass is 10.2. The molecule has 0 N–H and O–H groups in total. The minimum Gasteiger partial charge on any atom is -0.378 e. The van der Waals surface area contributed by atoms with Crippen molar-refractivity contribution in [2.75, 3.05) is 13.4 Å². The van der Waals surface area contributed by atoms with Crippen molar-refractivity contribution in [2.45, 2.75) is 11.5 Å². The Labute approximate surface area is 193 Å². The number of nitrogens with zero attached hydrogens (tertiary/aromatic N) is 4. The molecular weight excluding hydrogens is 479 g/mol. The van der Waals surface area contributed by atoms with Crippen LogP contribution in [0.5, 0.6) is 0 Å². The Bertz CT molecular complexity index is 1370. The summed E-state index contributed by atoms with van der Waals surface area (Å²) in [5.41, 5.74) is 2.35. The zero-order chi connectivity index (χ0) is 22.2. The molecule has 0 saturated heterocycles. The molecular formula is C20H16Cl2N4O3S2. The van der Waals surface area contributed by atoms with Gasteiger partial charge in [-0.15, -0.1) is 10.2 Å². The van der Waals surface area contributed by atoms with Crippen LogP contribution in [0.4, 0.5) is 0 Å². The molecule has 0 spiro atoms. The summed E-state index contributed by atoms with van der Waals surface area (Å²) in [7, 11) is -1.79. The van der Waals surface area contributed by atoms with E-state index in [2.05, 4.69) is 15.3 Å². The van der Waals surface area contributed by atoms with Crippen molar-refractivity contribution in [3.05, 3.63) is 64.3 Å². The molecule has 0 aliphatic rings. The van der Waals surface area contributed by atoms with Gasteiger partial charge < -0.3 is 4.74 Å². The third kappa shape index (κ3) is 4.37. The lowest BCUT2D eigenvalue weighted by molar-refractivity contribution is 0.181. The number of hydrogen-bond donors (Lipinski definition) is 0. The smallest absolute Gasteiger partial charge is 0.175 e. The molecule has 2 aromatic carbocycles. The molecule has 0 atom stereocenters.